The van der Waals surface area contributed by atoms with Crippen LogP contribution >= 0.6 is 0 Å². The average molecular weight is 205 g/mol. The maximum atomic E-state index is 5.07. The molecular weight excluding hydrogens is 190 g/mol. The van der Waals surface area contributed by atoms with Crippen LogP contribution in [0, 0.1) is 0 Å². The van der Waals surface area contributed by atoms with Gasteiger partial charge in [-0.05, 0) is 13.0 Å². The Morgan fingerprint density at radius 1 is 1.40 bits per heavy atom. The molecule has 15 heavy (non-hydrogen) atoms. The zero-order valence-corrected chi connectivity index (χ0v) is 9.19. The molecule has 1 aromatic heterocycles. The van der Waals surface area contributed by atoms with Crippen molar-refractivity contribution >= 4 is 11.9 Å². The normalized spacial score (nSPS) is 25.7. The van der Waals surface area contributed by atoms with Gasteiger partial charge in [0.05, 0.1) is 18.1 Å². The molecule has 0 fully saturated rings. The van der Waals surface area contributed by atoms with E-state index in [1.54, 1.807) is 6.20 Å². The molecule has 0 spiro atoms. The van der Waals surface area contributed by atoms with Gasteiger partial charge in [-0.3, -0.25) is 4.99 Å². The molecule has 80 valence electrons. The molecule has 0 saturated carbocycles. The minimum absolute atomic E-state index is 0.159. The van der Waals surface area contributed by atoms with Crippen LogP contribution in [0.25, 0.3) is 6.08 Å². The maximum Gasteiger partial charge on any atom is 0.164 e. The van der Waals surface area contributed by atoms with Crippen LogP contribution in [0.4, 0.5) is 0 Å². The summed E-state index contributed by atoms with van der Waals surface area (Å²) in [6, 6.07) is 0.443. The van der Waals surface area contributed by atoms with Gasteiger partial charge in [0, 0.05) is 5.56 Å². The summed E-state index contributed by atoms with van der Waals surface area (Å²) < 4.78 is 5.07. The monoisotopic (exact) mass is 205 g/mol. The van der Waals surface area contributed by atoms with Crippen molar-refractivity contribution in [2.24, 2.45) is 4.99 Å². The highest BCUT2D eigenvalue weighted by Crippen LogP contribution is 2.33. The molecule has 0 saturated heterocycles. The van der Waals surface area contributed by atoms with Crippen molar-refractivity contribution < 1.29 is 4.52 Å². The summed E-state index contributed by atoms with van der Waals surface area (Å²) in [5, 5.41) is 7.05. The Bertz CT molecular complexity index is 406. The fourth-order valence-electron chi connectivity index (χ4n) is 1.86. The first-order valence-corrected chi connectivity index (χ1v) is 5.28. The number of aliphatic imine (C=N–C) groups is 1. The second-order valence-electron chi connectivity index (χ2n) is 3.33. The fourth-order valence-corrected chi connectivity index (χ4v) is 1.86. The molecule has 1 aliphatic heterocycles. The van der Waals surface area contributed by atoms with E-state index in [9.17, 15) is 0 Å². The van der Waals surface area contributed by atoms with E-state index in [-0.39, 0.29) is 12.1 Å². The molecule has 2 atom stereocenters. The van der Waals surface area contributed by atoms with Crippen molar-refractivity contribution in [3.8, 4) is 0 Å². The highest BCUT2D eigenvalue weighted by Gasteiger charge is 2.32. The average Bonchev–Trinajstić information content (AvgIpc) is 2.84. The standard InChI is InChI=1S/C9H9N3O.C2H6/c1-5-11-7-2-3-8-6(4-10-13-8)9(7)12-5;1-2/h2-4,7,9H,1H3,(H,11,12);1-2H3. The predicted octanol–water partition coefficient (Wildman–Crippen LogP) is 2.16. The zero-order chi connectivity index (χ0) is 10.8. The molecule has 4 nitrogen and oxygen atoms in total. The molecular formula is C11H15N3O. The smallest absolute Gasteiger partial charge is 0.164 e. The van der Waals surface area contributed by atoms with Crippen molar-refractivity contribution in [1.29, 1.82) is 0 Å². The van der Waals surface area contributed by atoms with Crippen LogP contribution in [0.5, 0.6) is 0 Å². The van der Waals surface area contributed by atoms with Crippen LogP contribution in [0.1, 0.15) is 38.1 Å². The van der Waals surface area contributed by atoms with E-state index < -0.39 is 0 Å². The number of aromatic nitrogens is 1. The van der Waals surface area contributed by atoms with Crippen molar-refractivity contribution in [1.82, 2.24) is 10.5 Å². The Morgan fingerprint density at radius 3 is 3.00 bits per heavy atom. The van der Waals surface area contributed by atoms with Crippen molar-refractivity contribution in [2.45, 2.75) is 32.9 Å². The first kappa shape index (κ1) is 9.96. The lowest BCUT2D eigenvalue weighted by Crippen LogP contribution is -2.29. The van der Waals surface area contributed by atoms with Gasteiger partial charge in [0.25, 0.3) is 0 Å². The van der Waals surface area contributed by atoms with Crippen molar-refractivity contribution in [2.75, 3.05) is 0 Å². The van der Waals surface area contributed by atoms with Crippen LogP contribution < -0.4 is 5.32 Å². The quantitative estimate of drug-likeness (QED) is 0.706. The van der Waals surface area contributed by atoms with Gasteiger partial charge in [-0.25, -0.2) is 0 Å². The van der Waals surface area contributed by atoms with Gasteiger partial charge in [-0.15, -0.1) is 0 Å². The number of amidine groups is 1. The van der Waals surface area contributed by atoms with E-state index in [2.05, 4.69) is 21.5 Å². The Labute approximate surface area is 89.1 Å². The van der Waals surface area contributed by atoms with Gasteiger partial charge >= 0.3 is 0 Å². The van der Waals surface area contributed by atoms with Crippen molar-refractivity contribution in [3.63, 3.8) is 0 Å². The highest BCUT2D eigenvalue weighted by atomic mass is 16.5. The van der Waals surface area contributed by atoms with E-state index in [1.807, 2.05) is 26.8 Å². The lowest BCUT2D eigenvalue weighted by molar-refractivity contribution is 0.408. The number of nitrogens with one attached hydrogen (secondary N) is 1. The Kier molecular flexibility index (Phi) is 2.58. The fraction of sp³-hybridized carbons (Fsp3) is 0.455. The molecule has 0 bridgehead atoms. The summed E-state index contributed by atoms with van der Waals surface area (Å²) in [6.07, 6.45) is 5.77. The first-order chi connectivity index (χ1) is 7.34. The van der Waals surface area contributed by atoms with E-state index in [0.29, 0.717) is 0 Å². The zero-order valence-electron chi connectivity index (χ0n) is 9.19. The van der Waals surface area contributed by atoms with Crippen LogP contribution in [-0.2, 0) is 0 Å². The molecule has 2 aliphatic rings. The lowest BCUT2D eigenvalue weighted by Gasteiger charge is -2.16. The topological polar surface area (TPSA) is 50.4 Å². The third kappa shape index (κ3) is 1.56. The van der Waals surface area contributed by atoms with E-state index in [0.717, 1.165) is 17.2 Å². The molecule has 0 amide bonds. The van der Waals surface area contributed by atoms with Gasteiger partial charge < -0.3 is 9.84 Å². The minimum Gasteiger partial charge on any atom is -0.365 e. The first-order valence-electron chi connectivity index (χ1n) is 5.28. The third-order valence-corrected chi connectivity index (χ3v) is 2.45. The molecule has 4 heteroatoms. The predicted molar refractivity (Wildman–Crippen MR) is 59.7 cm³/mol. The van der Waals surface area contributed by atoms with Gasteiger partial charge in [0.15, 0.2) is 5.76 Å². The number of rotatable bonds is 0. The second kappa shape index (κ2) is 3.88. The Hall–Kier alpha value is -1.58. The number of hydrogen-bond donors (Lipinski definition) is 1. The van der Waals surface area contributed by atoms with E-state index >= 15 is 0 Å². The van der Waals surface area contributed by atoms with Gasteiger partial charge in [-0.1, -0.05) is 25.1 Å². The van der Waals surface area contributed by atoms with Crippen LogP contribution in [0.3, 0.4) is 0 Å². The summed E-state index contributed by atoms with van der Waals surface area (Å²) in [5.74, 6) is 1.82. The Balaban J connectivity index is 0.000000404. The second-order valence-corrected chi connectivity index (χ2v) is 3.33. The number of nitrogens with zero attached hydrogens (tertiary/aromatic N) is 2. The molecule has 1 N–H and O–H groups in total. The number of fused-ring (bicyclic) bond motifs is 3. The third-order valence-electron chi connectivity index (χ3n) is 2.45. The molecule has 1 aromatic rings. The minimum atomic E-state index is 0.159. The molecule has 2 unspecified atom stereocenters. The van der Waals surface area contributed by atoms with Crippen LogP contribution in [0.15, 0.2) is 21.8 Å². The largest absolute Gasteiger partial charge is 0.365 e. The summed E-state index contributed by atoms with van der Waals surface area (Å²) >= 11 is 0. The molecule has 1 aliphatic carbocycles. The van der Waals surface area contributed by atoms with Gasteiger partial charge in [0.2, 0.25) is 0 Å². The SMILES string of the molecule is CC.CC1=NC2c3cnoc3C=CC2N1. The maximum absolute atomic E-state index is 5.07. The molecule has 3 rings (SSSR count). The molecule has 0 aromatic carbocycles. The van der Waals surface area contributed by atoms with Crippen LogP contribution in [0.2, 0.25) is 0 Å². The van der Waals surface area contributed by atoms with E-state index in [1.165, 1.54) is 0 Å². The summed E-state index contributed by atoms with van der Waals surface area (Å²) in [4.78, 5) is 4.48. The summed E-state index contributed by atoms with van der Waals surface area (Å²) in [7, 11) is 0. The van der Waals surface area contributed by atoms with Gasteiger partial charge in [-0.2, -0.15) is 0 Å². The van der Waals surface area contributed by atoms with Crippen LogP contribution in [-0.4, -0.2) is 17.0 Å². The molecule has 0 radical (unpaired) electrons. The number of hydrogen-bond acceptors (Lipinski definition) is 4. The van der Waals surface area contributed by atoms with Gasteiger partial charge in [0.1, 0.15) is 6.04 Å². The molecule has 2 heterocycles. The Morgan fingerprint density at radius 2 is 2.20 bits per heavy atom. The lowest BCUT2D eigenvalue weighted by atomic mass is 9.96. The van der Waals surface area contributed by atoms with Crippen molar-refractivity contribution in [3.05, 3.63) is 23.6 Å². The highest BCUT2D eigenvalue weighted by molar-refractivity contribution is 5.83. The van der Waals surface area contributed by atoms with E-state index in [4.69, 9.17) is 4.52 Å². The summed E-state index contributed by atoms with van der Waals surface area (Å²) in [6.45, 7) is 5.97. The summed E-state index contributed by atoms with van der Waals surface area (Å²) in [5.41, 5.74) is 1.08.